The summed E-state index contributed by atoms with van der Waals surface area (Å²) in [5.74, 6) is -1.44. The average molecular weight is 422 g/mol. The Balaban J connectivity index is 1.67. The van der Waals surface area contributed by atoms with Gasteiger partial charge in [0.05, 0.1) is 6.26 Å². The number of nitrogens with zero attached hydrogens (tertiary/aromatic N) is 1. The van der Waals surface area contributed by atoms with E-state index in [0.29, 0.717) is 5.56 Å². The molecule has 7 nitrogen and oxygen atoms in total. The van der Waals surface area contributed by atoms with Crippen molar-refractivity contribution in [2.45, 2.75) is 40.7 Å². The van der Waals surface area contributed by atoms with E-state index in [4.69, 9.17) is 9.15 Å². The van der Waals surface area contributed by atoms with E-state index >= 15 is 0 Å². The van der Waals surface area contributed by atoms with Crippen molar-refractivity contribution in [1.82, 2.24) is 9.88 Å². The molecule has 0 fully saturated rings. The third-order valence-corrected chi connectivity index (χ3v) is 4.99. The van der Waals surface area contributed by atoms with E-state index in [1.165, 1.54) is 19.3 Å². The number of furan rings is 1. The second kappa shape index (κ2) is 9.04. The first-order valence-corrected chi connectivity index (χ1v) is 9.99. The Morgan fingerprint density at radius 3 is 2.35 bits per heavy atom. The maximum atomic E-state index is 12.7. The summed E-state index contributed by atoms with van der Waals surface area (Å²) in [6.07, 6.45) is 1.37. The third-order valence-electron chi connectivity index (χ3n) is 4.99. The van der Waals surface area contributed by atoms with Crippen LogP contribution in [0.5, 0.6) is 0 Å². The molecule has 1 amide bonds. The van der Waals surface area contributed by atoms with Gasteiger partial charge in [-0.2, -0.15) is 0 Å². The van der Waals surface area contributed by atoms with Crippen LogP contribution in [0.4, 0.5) is 0 Å². The average Bonchev–Trinajstić information content (AvgIpc) is 3.33. The van der Waals surface area contributed by atoms with Crippen molar-refractivity contribution in [2.24, 2.45) is 0 Å². The van der Waals surface area contributed by atoms with Gasteiger partial charge >= 0.3 is 5.97 Å². The van der Waals surface area contributed by atoms with E-state index in [0.717, 1.165) is 28.2 Å². The number of carbonyl (C=O) groups is 3. The summed E-state index contributed by atoms with van der Waals surface area (Å²) in [6.45, 7) is 8.94. The molecule has 162 valence electrons. The minimum absolute atomic E-state index is 0.0922. The lowest BCUT2D eigenvalue weighted by atomic mass is 10.1. The Hall–Kier alpha value is -3.61. The predicted octanol–water partition coefficient (Wildman–Crippen LogP) is 3.85. The van der Waals surface area contributed by atoms with Crippen LogP contribution < -0.4 is 5.32 Å². The van der Waals surface area contributed by atoms with Crippen LogP contribution in [0.2, 0.25) is 0 Å². The van der Waals surface area contributed by atoms with Gasteiger partial charge in [-0.25, -0.2) is 4.79 Å². The molecule has 0 saturated heterocycles. The number of esters is 1. The minimum Gasteiger partial charge on any atom is -0.459 e. The van der Waals surface area contributed by atoms with Crippen LogP contribution in [-0.4, -0.2) is 34.9 Å². The molecule has 7 heteroatoms. The van der Waals surface area contributed by atoms with Gasteiger partial charge in [-0.3, -0.25) is 9.59 Å². The van der Waals surface area contributed by atoms with Crippen molar-refractivity contribution in [1.29, 1.82) is 0 Å². The topological polar surface area (TPSA) is 90.5 Å². The molecule has 1 aromatic carbocycles. The van der Waals surface area contributed by atoms with Crippen LogP contribution in [0.25, 0.3) is 5.69 Å². The molecule has 0 spiro atoms. The number of aromatic nitrogens is 1. The number of rotatable bonds is 7. The van der Waals surface area contributed by atoms with E-state index in [2.05, 4.69) is 23.5 Å². The molecule has 0 saturated carbocycles. The summed E-state index contributed by atoms with van der Waals surface area (Å²) in [6, 6.07) is 10.1. The van der Waals surface area contributed by atoms with Gasteiger partial charge < -0.3 is 19.0 Å². The van der Waals surface area contributed by atoms with Crippen molar-refractivity contribution >= 4 is 17.7 Å². The first kappa shape index (κ1) is 22.1. The molecule has 31 heavy (non-hydrogen) atoms. The maximum Gasteiger partial charge on any atom is 0.328 e. The van der Waals surface area contributed by atoms with Gasteiger partial charge in [0.2, 0.25) is 5.78 Å². The first-order valence-electron chi connectivity index (χ1n) is 9.99. The molecule has 0 aliphatic heterocycles. The Labute approximate surface area is 181 Å². The minimum atomic E-state index is -0.923. The standard InChI is InChI=1S/C24H26N2O5/c1-14-9-15(2)11-19(10-14)26-16(3)12-20(18(26)5)21(27)13-31-24(29)17(4)25-23(28)22-7-6-8-30-22/h6-12,17H,13H2,1-5H3,(H,25,28)/t17-/m0/s1. The van der Waals surface area contributed by atoms with E-state index in [9.17, 15) is 14.4 Å². The molecule has 2 aromatic heterocycles. The van der Waals surface area contributed by atoms with Crippen molar-refractivity contribution in [3.8, 4) is 5.69 Å². The van der Waals surface area contributed by atoms with Crippen molar-refractivity contribution in [3.05, 3.63) is 76.5 Å². The summed E-state index contributed by atoms with van der Waals surface area (Å²) < 4.78 is 12.1. The molecule has 0 radical (unpaired) electrons. The summed E-state index contributed by atoms with van der Waals surface area (Å²) >= 11 is 0. The zero-order chi connectivity index (χ0) is 22.7. The zero-order valence-electron chi connectivity index (χ0n) is 18.3. The maximum absolute atomic E-state index is 12.7. The summed E-state index contributed by atoms with van der Waals surface area (Å²) in [5.41, 5.74) is 5.44. The first-order chi connectivity index (χ1) is 14.7. The van der Waals surface area contributed by atoms with Crippen LogP contribution in [0.3, 0.4) is 0 Å². The fourth-order valence-corrected chi connectivity index (χ4v) is 3.60. The van der Waals surface area contributed by atoms with Crippen molar-refractivity contribution in [2.75, 3.05) is 6.61 Å². The van der Waals surface area contributed by atoms with E-state index < -0.39 is 24.5 Å². The van der Waals surface area contributed by atoms with Crippen molar-refractivity contribution < 1.29 is 23.5 Å². The molecule has 0 aliphatic rings. The lowest BCUT2D eigenvalue weighted by Gasteiger charge is -2.13. The molecule has 0 bridgehead atoms. The molecule has 1 N–H and O–H groups in total. The monoisotopic (exact) mass is 422 g/mol. The fourth-order valence-electron chi connectivity index (χ4n) is 3.60. The van der Waals surface area contributed by atoms with E-state index in [1.54, 1.807) is 12.1 Å². The number of nitrogens with one attached hydrogen (secondary N) is 1. The number of hydrogen-bond donors (Lipinski definition) is 1. The lowest BCUT2D eigenvalue weighted by molar-refractivity contribution is -0.144. The van der Waals surface area contributed by atoms with Gasteiger partial charge in [-0.1, -0.05) is 6.07 Å². The Morgan fingerprint density at radius 2 is 1.74 bits per heavy atom. The van der Waals surface area contributed by atoms with E-state index in [1.807, 2.05) is 32.3 Å². The van der Waals surface area contributed by atoms with Crippen LogP contribution in [0, 0.1) is 27.7 Å². The Kier molecular flexibility index (Phi) is 6.44. The number of carbonyl (C=O) groups excluding carboxylic acids is 3. The molecular formula is C24H26N2O5. The van der Waals surface area contributed by atoms with Gasteiger partial charge in [0.25, 0.3) is 5.91 Å². The van der Waals surface area contributed by atoms with E-state index in [-0.39, 0.29) is 11.5 Å². The summed E-state index contributed by atoms with van der Waals surface area (Å²) in [5, 5.41) is 2.48. The van der Waals surface area contributed by atoms with Gasteiger partial charge in [0.15, 0.2) is 12.4 Å². The number of Topliss-reactive ketones (excluding diaryl/α,β-unsaturated/α-hetero) is 1. The largest absolute Gasteiger partial charge is 0.459 e. The highest BCUT2D eigenvalue weighted by molar-refractivity contribution is 6.00. The predicted molar refractivity (Wildman–Crippen MR) is 116 cm³/mol. The summed E-state index contributed by atoms with van der Waals surface area (Å²) in [7, 11) is 0. The molecule has 0 aliphatic carbocycles. The molecular weight excluding hydrogens is 396 g/mol. The molecule has 1 atom stereocenters. The van der Waals surface area contributed by atoms with Crippen LogP contribution in [0.1, 0.15) is 50.4 Å². The molecule has 2 heterocycles. The Bertz CT molecular complexity index is 1110. The Morgan fingerprint density at radius 1 is 1.06 bits per heavy atom. The normalized spacial score (nSPS) is 11.8. The second-order valence-electron chi connectivity index (χ2n) is 7.67. The quantitative estimate of drug-likeness (QED) is 0.461. The fraction of sp³-hybridized carbons (Fsp3) is 0.292. The van der Waals surface area contributed by atoms with Crippen molar-refractivity contribution in [3.63, 3.8) is 0 Å². The zero-order valence-corrected chi connectivity index (χ0v) is 18.3. The number of ketones is 1. The lowest BCUT2D eigenvalue weighted by Crippen LogP contribution is -2.40. The number of aryl methyl sites for hydroxylation is 3. The SMILES string of the molecule is Cc1cc(C)cc(-n2c(C)cc(C(=O)COC(=O)[C@H](C)NC(=O)c3ccco3)c2C)c1. The highest BCUT2D eigenvalue weighted by Gasteiger charge is 2.22. The van der Waals surface area contributed by atoms with Gasteiger partial charge in [0, 0.05) is 22.6 Å². The number of benzene rings is 1. The smallest absolute Gasteiger partial charge is 0.328 e. The number of ether oxygens (including phenoxy) is 1. The number of hydrogen-bond acceptors (Lipinski definition) is 5. The molecule has 3 aromatic rings. The highest BCUT2D eigenvalue weighted by Crippen LogP contribution is 2.23. The highest BCUT2D eigenvalue weighted by atomic mass is 16.5. The second-order valence-corrected chi connectivity index (χ2v) is 7.67. The van der Waals surface area contributed by atoms with Crippen LogP contribution >= 0.6 is 0 Å². The molecule has 3 rings (SSSR count). The van der Waals surface area contributed by atoms with Crippen LogP contribution in [0.15, 0.2) is 47.1 Å². The van der Waals surface area contributed by atoms with Gasteiger partial charge in [0.1, 0.15) is 6.04 Å². The number of amides is 1. The van der Waals surface area contributed by atoms with Gasteiger partial charge in [-0.15, -0.1) is 0 Å². The van der Waals surface area contributed by atoms with Gasteiger partial charge in [-0.05, 0) is 76.1 Å². The molecule has 0 unspecified atom stereocenters. The van der Waals surface area contributed by atoms with Crippen LogP contribution in [-0.2, 0) is 9.53 Å². The third kappa shape index (κ3) is 4.94. The summed E-state index contributed by atoms with van der Waals surface area (Å²) in [4.78, 5) is 36.9.